The molecule has 2 aromatic carbocycles. The molecule has 0 radical (unpaired) electrons. The van der Waals surface area contributed by atoms with Crippen LogP contribution >= 0.6 is 15.9 Å². The first kappa shape index (κ1) is 14.7. The number of hydrogen-bond donors (Lipinski definition) is 1. The summed E-state index contributed by atoms with van der Waals surface area (Å²) in [5.74, 6) is 0. The Morgan fingerprint density at radius 1 is 1.20 bits per heavy atom. The summed E-state index contributed by atoms with van der Waals surface area (Å²) in [6, 6.07) is 13.3. The standard InChI is InChI=1S/C15H15BrN2O2/c1-11-3-2-4-12(7-11)9-17-10-13-5-6-14(16)8-15(13)18(19)20/h2-8,17H,9-10H2,1H3. The SMILES string of the molecule is Cc1cccc(CNCc2ccc(Br)cc2[N+](=O)[O-])c1. The van der Waals surface area contributed by atoms with Gasteiger partial charge in [-0.05, 0) is 24.6 Å². The Kier molecular flexibility index (Phi) is 4.87. The van der Waals surface area contributed by atoms with Gasteiger partial charge in [0.15, 0.2) is 0 Å². The molecule has 0 atom stereocenters. The molecule has 0 unspecified atom stereocenters. The van der Waals surface area contributed by atoms with E-state index in [1.807, 2.05) is 31.2 Å². The number of rotatable bonds is 5. The van der Waals surface area contributed by atoms with Gasteiger partial charge in [0.05, 0.1) is 4.92 Å². The molecule has 0 saturated carbocycles. The molecule has 0 aliphatic heterocycles. The second-order valence-corrected chi connectivity index (χ2v) is 5.54. The topological polar surface area (TPSA) is 55.2 Å². The zero-order valence-corrected chi connectivity index (χ0v) is 12.7. The van der Waals surface area contributed by atoms with E-state index in [4.69, 9.17) is 0 Å². The summed E-state index contributed by atoms with van der Waals surface area (Å²) in [5.41, 5.74) is 3.20. The maximum atomic E-state index is 11.0. The van der Waals surface area contributed by atoms with Crippen LogP contribution in [0.1, 0.15) is 16.7 Å². The van der Waals surface area contributed by atoms with Gasteiger partial charge in [-0.15, -0.1) is 0 Å². The molecule has 0 heterocycles. The molecular weight excluding hydrogens is 320 g/mol. The van der Waals surface area contributed by atoms with Crippen molar-refractivity contribution >= 4 is 21.6 Å². The largest absolute Gasteiger partial charge is 0.308 e. The van der Waals surface area contributed by atoms with Crippen molar-refractivity contribution in [3.05, 3.63) is 73.7 Å². The van der Waals surface area contributed by atoms with Gasteiger partial charge in [0.1, 0.15) is 0 Å². The van der Waals surface area contributed by atoms with Crippen molar-refractivity contribution in [3.8, 4) is 0 Å². The summed E-state index contributed by atoms with van der Waals surface area (Å²) < 4.78 is 0.714. The summed E-state index contributed by atoms with van der Waals surface area (Å²) in [6.07, 6.45) is 0. The Bertz CT molecular complexity index is 629. The first-order valence-electron chi connectivity index (χ1n) is 6.25. The predicted molar refractivity (Wildman–Crippen MR) is 82.5 cm³/mol. The molecule has 2 aromatic rings. The monoisotopic (exact) mass is 334 g/mol. The highest BCUT2D eigenvalue weighted by Gasteiger charge is 2.13. The molecule has 0 spiro atoms. The molecule has 2 rings (SSSR count). The van der Waals surface area contributed by atoms with Crippen molar-refractivity contribution in [3.63, 3.8) is 0 Å². The summed E-state index contributed by atoms with van der Waals surface area (Å²) in [6.45, 7) is 3.20. The Hall–Kier alpha value is -1.72. The van der Waals surface area contributed by atoms with Gasteiger partial charge in [-0.1, -0.05) is 45.8 Å². The minimum atomic E-state index is -0.353. The summed E-state index contributed by atoms with van der Waals surface area (Å²) in [4.78, 5) is 10.7. The highest BCUT2D eigenvalue weighted by atomic mass is 79.9. The molecule has 4 nitrogen and oxygen atoms in total. The van der Waals surface area contributed by atoms with Gasteiger partial charge in [-0.2, -0.15) is 0 Å². The van der Waals surface area contributed by atoms with Gasteiger partial charge in [0, 0.05) is 29.2 Å². The average molecular weight is 335 g/mol. The summed E-state index contributed by atoms with van der Waals surface area (Å²) in [7, 11) is 0. The van der Waals surface area contributed by atoms with Crippen LogP contribution in [0.2, 0.25) is 0 Å². The lowest BCUT2D eigenvalue weighted by molar-refractivity contribution is -0.385. The van der Waals surface area contributed by atoms with Crippen LogP contribution in [0.3, 0.4) is 0 Å². The van der Waals surface area contributed by atoms with Crippen LogP contribution < -0.4 is 5.32 Å². The number of nitro benzene ring substituents is 1. The smallest absolute Gasteiger partial charge is 0.275 e. The van der Waals surface area contributed by atoms with Crippen LogP contribution in [-0.4, -0.2) is 4.92 Å². The first-order chi connectivity index (χ1) is 9.56. The minimum absolute atomic E-state index is 0.135. The van der Waals surface area contributed by atoms with Crippen molar-refractivity contribution in [2.24, 2.45) is 0 Å². The van der Waals surface area contributed by atoms with Gasteiger partial charge in [-0.3, -0.25) is 10.1 Å². The van der Waals surface area contributed by atoms with Crippen LogP contribution in [-0.2, 0) is 13.1 Å². The molecule has 0 amide bonds. The number of nitrogens with one attached hydrogen (secondary N) is 1. The summed E-state index contributed by atoms with van der Waals surface area (Å²) >= 11 is 3.25. The van der Waals surface area contributed by atoms with Gasteiger partial charge in [-0.25, -0.2) is 0 Å². The van der Waals surface area contributed by atoms with Gasteiger partial charge >= 0.3 is 0 Å². The number of aryl methyl sites for hydroxylation is 1. The maximum absolute atomic E-state index is 11.0. The van der Waals surface area contributed by atoms with Crippen molar-refractivity contribution in [1.29, 1.82) is 0 Å². The molecule has 0 aliphatic rings. The van der Waals surface area contributed by atoms with E-state index < -0.39 is 0 Å². The Labute approximate surface area is 126 Å². The molecule has 1 N–H and O–H groups in total. The van der Waals surface area contributed by atoms with Crippen LogP contribution in [0.15, 0.2) is 46.9 Å². The Morgan fingerprint density at radius 3 is 2.70 bits per heavy atom. The number of nitrogens with zero attached hydrogens (tertiary/aromatic N) is 1. The Morgan fingerprint density at radius 2 is 2.00 bits per heavy atom. The fourth-order valence-corrected chi connectivity index (χ4v) is 2.37. The zero-order valence-electron chi connectivity index (χ0n) is 11.1. The van der Waals surface area contributed by atoms with Crippen molar-refractivity contribution in [2.45, 2.75) is 20.0 Å². The van der Waals surface area contributed by atoms with E-state index in [0.29, 0.717) is 23.1 Å². The number of benzene rings is 2. The van der Waals surface area contributed by atoms with E-state index in [1.165, 1.54) is 17.2 Å². The molecular formula is C15H15BrN2O2. The lowest BCUT2D eigenvalue weighted by Gasteiger charge is -2.07. The van der Waals surface area contributed by atoms with Crippen LogP contribution in [0.5, 0.6) is 0 Å². The molecule has 0 fully saturated rings. The average Bonchev–Trinajstić information content (AvgIpc) is 2.40. The highest BCUT2D eigenvalue weighted by molar-refractivity contribution is 9.10. The van der Waals surface area contributed by atoms with Crippen molar-refractivity contribution < 1.29 is 4.92 Å². The van der Waals surface area contributed by atoms with E-state index in [9.17, 15) is 10.1 Å². The lowest BCUT2D eigenvalue weighted by Crippen LogP contribution is -2.13. The molecule has 0 aliphatic carbocycles. The van der Waals surface area contributed by atoms with E-state index in [-0.39, 0.29) is 10.6 Å². The molecule has 0 saturated heterocycles. The predicted octanol–water partition coefficient (Wildman–Crippen LogP) is 3.96. The summed E-state index contributed by atoms with van der Waals surface area (Å²) in [5, 5.41) is 14.2. The maximum Gasteiger partial charge on any atom is 0.275 e. The third-order valence-electron chi connectivity index (χ3n) is 2.97. The van der Waals surface area contributed by atoms with Crippen molar-refractivity contribution in [1.82, 2.24) is 5.32 Å². The highest BCUT2D eigenvalue weighted by Crippen LogP contribution is 2.23. The van der Waals surface area contributed by atoms with Crippen molar-refractivity contribution in [2.75, 3.05) is 0 Å². The van der Waals surface area contributed by atoms with Gasteiger partial charge < -0.3 is 5.32 Å². The fraction of sp³-hybridized carbons (Fsp3) is 0.200. The second-order valence-electron chi connectivity index (χ2n) is 4.62. The van der Waals surface area contributed by atoms with E-state index >= 15 is 0 Å². The normalized spacial score (nSPS) is 10.5. The molecule has 0 bridgehead atoms. The quantitative estimate of drug-likeness (QED) is 0.665. The van der Waals surface area contributed by atoms with Crippen LogP contribution in [0, 0.1) is 17.0 Å². The fourth-order valence-electron chi connectivity index (χ4n) is 2.02. The van der Waals surface area contributed by atoms with E-state index in [2.05, 4.69) is 27.3 Å². The number of nitro groups is 1. The van der Waals surface area contributed by atoms with Gasteiger partial charge in [0.2, 0.25) is 0 Å². The first-order valence-corrected chi connectivity index (χ1v) is 7.04. The molecule has 20 heavy (non-hydrogen) atoms. The minimum Gasteiger partial charge on any atom is -0.308 e. The van der Waals surface area contributed by atoms with Gasteiger partial charge in [0.25, 0.3) is 5.69 Å². The molecule has 0 aromatic heterocycles. The third-order valence-corrected chi connectivity index (χ3v) is 3.46. The lowest BCUT2D eigenvalue weighted by atomic mass is 10.1. The third kappa shape index (κ3) is 3.88. The molecule has 5 heteroatoms. The second kappa shape index (κ2) is 6.63. The number of hydrogen-bond acceptors (Lipinski definition) is 3. The number of halogens is 1. The molecule has 104 valence electrons. The van der Waals surface area contributed by atoms with E-state index in [0.717, 1.165) is 0 Å². The van der Waals surface area contributed by atoms with Crippen LogP contribution in [0.4, 0.5) is 5.69 Å². The van der Waals surface area contributed by atoms with E-state index in [1.54, 1.807) is 6.07 Å². The Balaban J connectivity index is 2.02. The van der Waals surface area contributed by atoms with Crippen LogP contribution in [0.25, 0.3) is 0 Å². The zero-order chi connectivity index (χ0) is 14.5.